The smallest absolute Gasteiger partial charge is 0.319 e. The Bertz CT molecular complexity index is 911. The lowest BCUT2D eigenvalue weighted by molar-refractivity contribution is 0.149. The molecule has 1 atom stereocenters. The largest absolute Gasteiger partial charge is 0.322 e. The Morgan fingerprint density at radius 3 is 2.60 bits per heavy atom. The topological polar surface area (TPSA) is 69.7 Å². The SMILES string of the molecule is Cc1cc(NC(=O)N2CCN(S(C)(=O)=O)CC2C)c2ccccc2c1. The van der Waals surface area contributed by atoms with Gasteiger partial charge in [-0.05, 0) is 30.9 Å². The van der Waals surface area contributed by atoms with E-state index in [1.807, 2.05) is 44.2 Å². The third kappa shape index (κ3) is 3.77. The normalized spacial score (nSPS) is 19.2. The van der Waals surface area contributed by atoms with Gasteiger partial charge >= 0.3 is 6.03 Å². The first-order valence-corrected chi connectivity index (χ1v) is 10.1. The lowest BCUT2D eigenvalue weighted by Gasteiger charge is -2.38. The molecule has 0 bridgehead atoms. The van der Waals surface area contributed by atoms with Gasteiger partial charge in [0, 0.05) is 31.1 Å². The van der Waals surface area contributed by atoms with Crippen molar-refractivity contribution >= 4 is 32.5 Å². The van der Waals surface area contributed by atoms with Crippen LogP contribution in [0.3, 0.4) is 0 Å². The Morgan fingerprint density at radius 2 is 1.92 bits per heavy atom. The maximum Gasteiger partial charge on any atom is 0.322 e. The minimum absolute atomic E-state index is 0.181. The number of benzene rings is 2. The standard InChI is InChI=1S/C18H23N3O3S/c1-13-10-15-6-4-5-7-16(15)17(11-13)19-18(22)21-9-8-20(12-14(21)2)25(3,23)24/h4-7,10-11,14H,8-9,12H2,1-3H3,(H,19,22). The fraction of sp³-hybridized carbons (Fsp3) is 0.389. The molecule has 0 aromatic heterocycles. The van der Waals surface area contributed by atoms with Gasteiger partial charge in [0.2, 0.25) is 10.0 Å². The molecule has 7 heteroatoms. The number of sulfonamides is 1. The molecule has 0 aliphatic carbocycles. The van der Waals surface area contributed by atoms with Crippen LogP contribution in [0, 0.1) is 6.92 Å². The van der Waals surface area contributed by atoms with Gasteiger partial charge in [-0.3, -0.25) is 0 Å². The van der Waals surface area contributed by atoms with E-state index < -0.39 is 10.0 Å². The van der Waals surface area contributed by atoms with Gasteiger partial charge in [0.25, 0.3) is 0 Å². The van der Waals surface area contributed by atoms with Crippen molar-refractivity contribution in [1.29, 1.82) is 0 Å². The summed E-state index contributed by atoms with van der Waals surface area (Å²) in [6.07, 6.45) is 1.20. The quantitative estimate of drug-likeness (QED) is 0.894. The second kappa shape index (κ2) is 6.65. The fourth-order valence-electron chi connectivity index (χ4n) is 3.28. The summed E-state index contributed by atoms with van der Waals surface area (Å²) in [4.78, 5) is 14.4. The Labute approximate surface area is 148 Å². The van der Waals surface area contributed by atoms with Crippen molar-refractivity contribution in [1.82, 2.24) is 9.21 Å². The fourth-order valence-corrected chi connectivity index (χ4v) is 4.18. The van der Waals surface area contributed by atoms with Crippen LogP contribution in [0.2, 0.25) is 0 Å². The van der Waals surface area contributed by atoms with Crippen LogP contribution in [0.1, 0.15) is 12.5 Å². The average Bonchev–Trinajstić information content (AvgIpc) is 2.53. The van der Waals surface area contributed by atoms with E-state index in [9.17, 15) is 13.2 Å². The number of amides is 2. The van der Waals surface area contributed by atoms with Crippen LogP contribution in [0.25, 0.3) is 10.8 Å². The number of fused-ring (bicyclic) bond motifs is 1. The number of urea groups is 1. The van der Waals surface area contributed by atoms with E-state index in [0.29, 0.717) is 19.6 Å². The predicted octanol–water partition coefficient (Wildman–Crippen LogP) is 2.65. The van der Waals surface area contributed by atoms with E-state index in [1.165, 1.54) is 10.6 Å². The average molecular weight is 361 g/mol. The molecule has 0 radical (unpaired) electrons. The molecular formula is C18H23N3O3S. The number of anilines is 1. The molecule has 1 unspecified atom stereocenters. The van der Waals surface area contributed by atoms with Crippen molar-refractivity contribution in [2.75, 3.05) is 31.2 Å². The highest BCUT2D eigenvalue weighted by Crippen LogP contribution is 2.26. The van der Waals surface area contributed by atoms with E-state index >= 15 is 0 Å². The number of rotatable bonds is 2. The van der Waals surface area contributed by atoms with Crippen LogP contribution in [0.5, 0.6) is 0 Å². The van der Waals surface area contributed by atoms with Crippen molar-refractivity contribution in [2.24, 2.45) is 0 Å². The van der Waals surface area contributed by atoms with Gasteiger partial charge in [0.15, 0.2) is 0 Å². The van der Waals surface area contributed by atoms with Crippen molar-refractivity contribution in [3.05, 3.63) is 42.0 Å². The number of carbonyl (C=O) groups excluding carboxylic acids is 1. The number of hydrogen-bond donors (Lipinski definition) is 1. The van der Waals surface area contributed by atoms with Crippen molar-refractivity contribution in [3.63, 3.8) is 0 Å². The van der Waals surface area contributed by atoms with E-state index in [2.05, 4.69) is 11.4 Å². The van der Waals surface area contributed by atoms with Gasteiger partial charge in [-0.15, -0.1) is 0 Å². The lowest BCUT2D eigenvalue weighted by atomic mass is 10.1. The summed E-state index contributed by atoms with van der Waals surface area (Å²) in [6, 6.07) is 11.6. The molecule has 2 aromatic rings. The summed E-state index contributed by atoms with van der Waals surface area (Å²) < 4.78 is 24.8. The summed E-state index contributed by atoms with van der Waals surface area (Å²) >= 11 is 0. The molecule has 3 rings (SSSR count). The first-order valence-electron chi connectivity index (χ1n) is 8.28. The Balaban J connectivity index is 1.80. The molecule has 1 saturated heterocycles. The summed E-state index contributed by atoms with van der Waals surface area (Å²) in [7, 11) is -3.23. The molecule has 25 heavy (non-hydrogen) atoms. The second-order valence-corrected chi connectivity index (χ2v) is 8.61. The van der Waals surface area contributed by atoms with Crippen LogP contribution in [-0.4, -0.2) is 55.6 Å². The number of nitrogens with zero attached hydrogens (tertiary/aromatic N) is 2. The van der Waals surface area contributed by atoms with Crippen LogP contribution in [0.4, 0.5) is 10.5 Å². The zero-order valence-electron chi connectivity index (χ0n) is 14.7. The second-order valence-electron chi connectivity index (χ2n) is 6.63. The van der Waals surface area contributed by atoms with Crippen molar-refractivity contribution in [3.8, 4) is 0 Å². The van der Waals surface area contributed by atoms with Gasteiger partial charge in [-0.25, -0.2) is 13.2 Å². The molecule has 6 nitrogen and oxygen atoms in total. The van der Waals surface area contributed by atoms with Crippen LogP contribution in [-0.2, 0) is 10.0 Å². The van der Waals surface area contributed by atoms with Crippen molar-refractivity contribution in [2.45, 2.75) is 19.9 Å². The maximum absolute atomic E-state index is 12.7. The van der Waals surface area contributed by atoms with Crippen LogP contribution >= 0.6 is 0 Å². The van der Waals surface area contributed by atoms with E-state index in [4.69, 9.17) is 0 Å². The molecular weight excluding hydrogens is 338 g/mol. The molecule has 134 valence electrons. The van der Waals surface area contributed by atoms with Crippen LogP contribution in [0.15, 0.2) is 36.4 Å². The molecule has 1 fully saturated rings. The molecule has 2 aromatic carbocycles. The third-order valence-electron chi connectivity index (χ3n) is 4.57. The number of carbonyl (C=O) groups is 1. The number of hydrogen-bond acceptors (Lipinski definition) is 3. The summed E-state index contributed by atoms with van der Waals surface area (Å²) in [6.45, 7) is 4.89. The minimum Gasteiger partial charge on any atom is -0.319 e. The van der Waals surface area contributed by atoms with E-state index in [-0.39, 0.29) is 12.1 Å². The zero-order valence-corrected chi connectivity index (χ0v) is 15.5. The van der Waals surface area contributed by atoms with E-state index in [0.717, 1.165) is 22.0 Å². The van der Waals surface area contributed by atoms with Gasteiger partial charge < -0.3 is 10.2 Å². The minimum atomic E-state index is -3.23. The van der Waals surface area contributed by atoms with Crippen molar-refractivity contribution < 1.29 is 13.2 Å². The lowest BCUT2D eigenvalue weighted by Crippen LogP contribution is -2.56. The summed E-state index contributed by atoms with van der Waals surface area (Å²) in [5.74, 6) is 0. The number of nitrogens with one attached hydrogen (secondary N) is 1. The highest BCUT2D eigenvalue weighted by atomic mass is 32.2. The van der Waals surface area contributed by atoms with Gasteiger partial charge in [0.1, 0.15) is 0 Å². The maximum atomic E-state index is 12.7. The van der Waals surface area contributed by atoms with Gasteiger partial charge in [0.05, 0.1) is 11.9 Å². The Morgan fingerprint density at radius 1 is 1.20 bits per heavy atom. The number of aryl methyl sites for hydroxylation is 1. The molecule has 1 aliphatic heterocycles. The van der Waals surface area contributed by atoms with Gasteiger partial charge in [-0.2, -0.15) is 4.31 Å². The van der Waals surface area contributed by atoms with Gasteiger partial charge in [-0.1, -0.05) is 30.3 Å². The van der Waals surface area contributed by atoms with Crippen LogP contribution < -0.4 is 5.32 Å². The predicted molar refractivity (Wildman–Crippen MR) is 100 cm³/mol. The highest BCUT2D eigenvalue weighted by Gasteiger charge is 2.31. The highest BCUT2D eigenvalue weighted by molar-refractivity contribution is 7.88. The number of piperazine rings is 1. The first kappa shape index (κ1) is 17.7. The first-order chi connectivity index (χ1) is 11.8. The molecule has 0 saturated carbocycles. The molecule has 2 amide bonds. The molecule has 1 aliphatic rings. The molecule has 1 N–H and O–H groups in total. The Kier molecular flexibility index (Phi) is 4.71. The zero-order chi connectivity index (χ0) is 18.2. The monoisotopic (exact) mass is 361 g/mol. The summed E-state index contributed by atoms with van der Waals surface area (Å²) in [5, 5.41) is 5.06. The molecule has 1 heterocycles. The third-order valence-corrected chi connectivity index (χ3v) is 5.84. The Hall–Kier alpha value is -2.12. The summed E-state index contributed by atoms with van der Waals surface area (Å²) in [5.41, 5.74) is 1.85. The van der Waals surface area contributed by atoms with E-state index in [1.54, 1.807) is 4.90 Å². The molecule has 0 spiro atoms.